The number of hydrogen-bond donors (Lipinski definition) is 2. The molecule has 0 aliphatic rings. The lowest BCUT2D eigenvalue weighted by atomic mass is 10.0. The first-order valence-corrected chi connectivity index (χ1v) is 3.27. The van der Waals surface area contributed by atoms with Crippen LogP contribution in [0.5, 0.6) is 0 Å². The minimum atomic E-state index is -0.646. The summed E-state index contributed by atoms with van der Waals surface area (Å²) in [5, 5.41) is 9.34. The van der Waals surface area contributed by atoms with Gasteiger partial charge < -0.3 is 10.1 Å². The molecule has 0 aromatic carbocycles. The molecule has 0 saturated carbocycles. The standard InChI is InChI=1S/C7H12N2O/c1-7(2,10)3-6-4-8-5-9-6/h4-5,10H,3H2,1-2H3,(H,8,9). The molecular formula is C7H12N2O. The summed E-state index contributed by atoms with van der Waals surface area (Å²) in [6, 6.07) is 0. The third-order valence-corrected chi connectivity index (χ3v) is 1.18. The zero-order valence-electron chi connectivity index (χ0n) is 6.26. The Labute approximate surface area is 60.1 Å². The summed E-state index contributed by atoms with van der Waals surface area (Å²) < 4.78 is 0. The largest absolute Gasteiger partial charge is 0.390 e. The molecule has 1 rings (SSSR count). The molecule has 0 atom stereocenters. The lowest BCUT2D eigenvalue weighted by Crippen LogP contribution is -2.21. The van der Waals surface area contributed by atoms with E-state index in [9.17, 15) is 5.11 Å². The number of hydrogen-bond acceptors (Lipinski definition) is 2. The summed E-state index contributed by atoms with van der Waals surface area (Å²) in [6.45, 7) is 3.54. The van der Waals surface area contributed by atoms with E-state index in [4.69, 9.17) is 0 Å². The first-order valence-electron chi connectivity index (χ1n) is 3.27. The predicted molar refractivity (Wildman–Crippen MR) is 38.6 cm³/mol. The molecule has 0 amide bonds. The van der Waals surface area contributed by atoms with E-state index in [0.29, 0.717) is 6.42 Å². The van der Waals surface area contributed by atoms with E-state index in [0.717, 1.165) is 5.69 Å². The van der Waals surface area contributed by atoms with Crippen LogP contribution in [0, 0.1) is 0 Å². The van der Waals surface area contributed by atoms with Gasteiger partial charge in [0.2, 0.25) is 0 Å². The highest BCUT2D eigenvalue weighted by Crippen LogP contribution is 2.08. The molecule has 1 aromatic rings. The molecule has 0 spiro atoms. The molecule has 1 heterocycles. The Morgan fingerprint density at radius 1 is 1.70 bits per heavy atom. The van der Waals surface area contributed by atoms with Crippen molar-refractivity contribution in [3.63, 3.8) is 0 Å². The van der Waals surface area contributed by atoms with Crippen LogP contribution in [0.3, 0.4) is 0 Å². The van der Waals surface area contributed by atoms with Crippen molar-refractivity contribution in [2.45, 2.75) is 25.9 Å². The van der Waals surface area contributed by atoms with E-state index in [1.54, 1.807) is 26.4 Å². The van der Waals surface area contributed by atoms with E-state index >= 15 is 0 Å². The number of aliphatic hydroxyl groups is 1. The summed E-state index contributed by atoms with van der Waals surface area (Å²) in [5.41, 5.74) is 0.319. The molecule has 56 valence electrons. The number of aromatic nitrogens is 2. The molecule has 0 aliphatic carbocycles. The number of nitrogens with one attached hydrogen (secondary N) is 1. The molecule has 3 nitrogen and oxygen atoms in total. The summed E-state index contributed by atoms with van der Waals surface area (Å²) in [5.74, 6) is 0. The third-order valence-electron chi connectivity index (χ3n) is 1.18. The molecule has 3 heteroatoms. The second-order valence-electron chi connectivity index (χ2n) is 3.07. The van der Waals surface area contributed by atoms with Gasteiger partial charge in [-0.2, -0.15) is 0 Å². The lowest BCUT2D eigenvalue weighted by Gasteiger charge is -2.14. The van der Waals surface area contributed by atoms with Crippen molar-refractivity contribution in [2.75, 3.05) is 0 Å². The van der Waals surface area contributed by atoms with Crippen molar-refractivity contribution < 1.29 is 5.11 Å². The van der Waals surface area contributed by atoms with Gasteiger partial charge in [-0.05, 0) is 13.8 Å². The van der Waals surface area contributed by atoms with Gasteiger partial charge in [0.1, 0.15) is 0 Å². The van der Waals surface area contributed by atoms with Crippen LogP contribution in [0.2, 0.25) is 0 Å². The van der Waals surface area contributed by atoms with E-state index < -0.39 is 5.60 Å². The molecule has 10 heavy (non-hydrogen) atoms. The first kappa shape index (κ1) is 7.28. The Hall–Kier alpha value is -0.830. The van der Waals surface area contributed by atoms with Crippen molar-refractivity contribution in [3.8, 4) is 0 Å². The highest BCUT2D eigenvalue weighted by Gasteiger charge is 2.13. The van der Waals surface area contributed by atoms with Crippen molar-refractivity contribution in [3.05, 3.63) is 18.2 Å². The van der Waals surface area contributed by atoms with Crippen molar-refractivity contribution >= 4 is 0 Å². The van der Waals surface area contributed by atoms with Crippen LogP contribution in [0.15, 0.2) is 12.5 Å². The second kappa shape index (κ2) is 2.42. The molecule has 1 aromatic heterocycles. The summed E-state index contributed by atoms with van der Waals surface area (Å²) in [7, 11) is 0. The first-order chi connectivity index (χ1) is 4.58. The van der Waals surface area contributed by atoms with E-state index in [-0.39, 0.29) is 0 Å². The van der Waals surface area contributed by atoms with Crippen LogP contribution in [0.4, 0.5) is 0 Å². The summed E-state index contributed by atoms with van der Waals surface area (Å²) in [4.78, 5) is 6.76. The Kier molecular flexibility index (Phi) is 1.76. The highest BCUT2D eigenvalue weighted by atomic mass is 16.3. The minimum Gasteiger partial charge on any atom is -0.390 e. The lowest BCUT2D eigenvalue weighted by molar-refractivity contribution is 0.0800. The van der Waals surface area contributed by atoms with Crippen LogP contribution in [-0.2, 0) is 6.42 Å². The molecule has 0 unspecified atom stereocenters. The van der Waals surface area contributed by atoms with Gasteiger partial charge in [-0.25, -0.2) is 4.98 Å². The number of aromatic amines is 1. The van der Waals surface area contributed by atoms with E-state index in [1.807, 2.05) is 0 Å². The molecule has 0 aliphatic heterocycles. The van der Waals surface area contributed by atoms with Gasteiger partial charge in [-0.1, -0.05) is 0 Å². The van der Waals surface area contributed by atoms with Gasteiger partial charge in [0.15, 0.2) is 0 Å². The molecule has 0 saturated heterocycles. The molecule has 0 bridgehead atoms. The SMILES string of the molecule is CC(C)(O)Cc1cnc[nH]1. The van der Waals surface area contributed by atoms with Gasteiger partial charge in [-0.3, -0.25) is 0 Å². The van der Waals surface area contributed by atoms with E-state index in [1.165, 1.54) is 0 Å². The van der Waals surface area contributed by atoms with Gasteiger partial charge in [0.25, 0.3) is 0 Å². The summed E-state index contributed by atoms with van der Waals surface area (Å²) >= 11 is 0. The Balaban J connectivity index is 2.57. The zero-order valence-corrected chi connectivity index (χ0v) is 6.26. The fraction of sp³-hybridized carbons (Fsp3) is 0.571. The monoisotopic (exact) mass is 140 g/mol. The van der Waals surface area contributed by atoms with Gasteiger partial charge in [0.05, 0.1) is 11.9 Å². The van der Waals surface area contributed by atoms with Crippen LogP contribution >= 0.6 is 0 Å². The Morgan fingerprint density at radius 2 is 2.40 bits per heavy atom. The maximum Gasteiger partial charge on any atom is 0.0921 e. The predicted octanol–water partition coefficient (Wildman–Crippen LogP) is 0.723. The average molecular weight is 140 g/mol. The van der Waals surface area contributed by atoms with Gasteiger partial charge in [0, 0.05) is 18.3 Å². The number of rotatable bonds is 2. The number of imidazole rings is 1. The summed E-state index contributed by atoms with van der Waals surface area (Å²) in [6.07, 6.45) is 3.95. The van der Waals surface area contributed by atoms with E-state index in [2.05, 4.69) is 9.97 Å². The second-order valence-corrected chi connectivity index (χ2v) is 3.07. The van der Waals surface area contributed by atoms with Crippen molar-refractivity contribution in [1.82, 2.24) is 9.97 Å². The van der Waals surface area contributed by atoms with Crippen LogP contribution in [0.25, 0.3) is 0 Å². The molecule has 0 fully saturated rings. The molecule has 0 radical (unpaired) electrons. The Morgan fingerprint density at radius 3 is 2.80 bits per heavy atom. The van der Waals surface area contributed by atoms with Crippen LogP contribution in [-0.4, -0.2) is 20.7 Å². The molecule has 2 N–H and O–H groups in total. The fourth-order valence-electron chi connectivity index (χ4n) is 0.847. The average Bonchev–Trinajstić information content (AvgIpc) is 2.12. The normalized spacial score (nSPS) is 11.9. The molecular weight excluding hydrogens is 128 g/mol. The maximum atomic E-state index is 9.34. The topological polar surface area (TPSA) is 48.9 Å². The van der Waals surface area contributed by atoms with Crippen LogP contribution in [0.1, 0.15) is 19.5 Å². The number of nitrogens with zero attached hydrogens (tertiary/aromatic N) is 1. The van der Waals surface area contributed by atoms with Crippen LogP contribution < -0.4 is 0 Å². The highest BCUT2D eigenvalue weighted by molar-refractivity contribution is 4.98. The fourth-order valence-corrected chi connectivity index (χ4v) is 0.847. The third kappa shape index (κ3) is 2.19. The van der Waals surface area contributed by atoms with Crippen molar-refractivity contribution in [1.29, 1.82) is 0 Å². The smallest absolute Gasteiger partial charge is 0.0921 e. The number of H-pyrrole nitrogens is 1. The quantitative estimate of drug-likeness (QED) is 0.636. The van der Waals surface area contributed by atoms with Gasteiger partial charge in [-0.15, -0.1) is 0 Å². The maximum absolute atomic E-state index is 9.34. The van der Waals surface area contributed by atoms with Crippen molar-refractivity contribution in [2.24, 2.45) is 0 Å². The zero-order chi connectivity index (χ0) is 7.61. The Bertz CT molecular complexity index is 186. The minimum absolute atomic E-state index is 0.618. The van der Waals surface area contributed by atoms with Gasteiger partial charge >= 0.3 is 0 Å².